The Balaban J connectivity index is 3.15. The number of hydrogen-bond donors (Lipinski definition) is 0. The van der Waals surface area contributed by atoms with Crippen molar-refractivity contribution in [3.63, 3.8) is 0 Å². The van der Waals surface area contributed by atoms with Crippen molar-refractivity contribution in [3.05, 3.63) is 12.2 Å². The molecule has 0 bridgehead atoms. The second-order valence-electron chi connectivity index (χ2n) is 5.25. The van der Waals surface area contributed by atoms with Crippen molar-refractivity contribution in [3.8, 4) is 0 Å². The summed E-state index contributed by atoms with van der Waals surface area (Å²) in [5.41, 5.74) is 0.235. The van der Waals surface area contributed by atoms with E-state index >= 15 is 0 Å². The molecule has 0 atom stereocenters. The van der Waals surface area contributed by atoms with Crippen molar-refractivity contribution in [2.24, 2.45) is 0 Å². The molecule has 0 saturated heterocycles. The zero-order valence-corrected chi connectivity index (χ0v) is 12.4. The summed E-state index contributed by atoms with van der Waals surface area (Å²) < 4.78 is 11.6. The highest BCUT2D eigenvalue weighted by molar-refractivity contribution is 5.87. The van der Waals surface area contributed by atoms with Gasteiger partial charge < -0.3 is 0 Å². The minimum atomic E-state index is -0.924. The van der Waals surface area contributed by atoms with Crippen LogP contribution in [0.4, 0.5) is 4.53 Å². The third-order valence-corrected chi connectivity index (χ3v) is 3.44. The Labute approximate surface area is 117 Å². The van der Waals surface area contributed by atoms with E-state index in [4.69, 9.17) is 0 Å². The van der Waals surface area contributed by atoms with Gasteiger partial charge in [-0.25, -0.2) is 9.74 Å². The van der Waals surface area contributed by atoms with Crippen molar-refractivity contribution < 1.29 is 14.3 Å². The van der Waals surface area contributed by atoms with E-state index in [1.165, 1.54) is 57.8 Å². The topological polar surface area (TPSA) is 26.3 Å². The van der Waals surface area contributed by atoms with Crippen molar-refractivity contribution in [1.82, 2.24) is 0 Å². The van der Waals surface area contributed by atoms with Crippen LogP contribution in [0.5, 0.6) is 0 Å². The first-order valence-electron chi connectivity index (χ1n) is 7.73. The highest BCUT2D eigenvalue weighted by Gasteiger charge is 2.07. The highest BCUT2D eigenvalue weighted by atomic mass is 19.3. The predicted molar refractivity (Wildman–Crippen MR) is 77.4 cm³/mol. The molecule has 19 heavy (non-hydrogen) atoms. The van der Waals surface area contributed by atoms with Gasteiger partial charge in [0.2, 0.25) is 0 Å². The molecule has 0 unspecified atom stereocenters. The fraction of sp³-hybridized carbons (Fsp3) is 0.812. The molecule has 0 aliphatic carbocycles. The number of carbonyl (C=O) groups excluding carboxylic acids is 1. The maximum absolute atomic E-state index is 11.6. The molecule has 0 aromatic carbocycles. The molecule has 0 aromatic heterocycles. The molecule has 0 spiro atoms. The fourth-order valence-corrected chi connectivity index (χ4v) is 2.16. The fourth-order valence-electron chi connectivity index (χ4n) is 2.16. The van der Waals surface area contributed by atoms with Crippen LogP contribution >= 0.6 is 0 Å². The largest absolute Gasteiger partial charge is 0.374 e. The molecule has 0 heterocycles. The average molecular weight is 272 g/mol. The standard InChI is InChI=1S/C16H29FO2/c1-3-4-5-6-7-8-9-10-11-12-13-14-15(2)16(18)19-17/h2-14H2,1H3. The lowest BCUT2D eigenvalue weighted by Crippen LogP contribution is -2.00. The van der Waals surface area contributed by atoms with Crippen LogP contribution in [-0.2, 0) is 9.74 Å². The summed E-state index contributed by atoms with van der Waals surface area (Å²) >= 11 is 0. The monoisotopic (exact) mass is 272 g/mol. The third-order valence-electron chi connectivity index (χ3n) is 3.44. The lowest BCUT2D eigenvalue weighted by Gasteiger charge is -2.03. The summed E-state index contributed by atoms with van der Waals surface area (Å²) in [4.78, 5) is 13.9. The zero-order chi connectivity index (χ0) is 14.3. The van der Waals surface area contributed by atoms with Crippen LogP contribution in [0.3, 0.4) is 0 Å². The van der Waals surface area contributed by atoms with Gasteiger partial charge >= 0.3 is 5.97 Å². The molecule has 2 nitrogen and oxygen atoms in total. The van der Waals surface area contributed by atoms with Crippen LogP contribution < -0.4 is 0 Å². The van der Waals surface area contributed by atoms with Crippen LogP contribution in [0.15, 0.2) is 12.2 Å². The molecular weight excluding hydrogens is 243 g/mol. The smallest absolute Gasteiger partial charge is 0.250 e. The van der Waals surface area contributed by atoms with E-state index < -0.39 is 5.97 Å². The van der Waals surface area contributed by atoms with Crippen LogP contribution in [-0.4, -0.2) is 5.97 Å². The average Bonchev–Trinajstić information content (AvgIpc) is 2.43. The predicted octanol–water partition coefficient (Wildman–Crippen LogP) is 5.67. The first-order valence-corrected chi connectivity index (χ1v) is 7.73. The third kappa shape index (κ3) is 11.9. The molecule has 112 valence electrons. The Hall–Kier alpha value is -0.860. The van der Waals surface area contributed by atoms with Gasteiger partial charge in [-0.2, -0.15) is 0 Å². The molecule has 0 aliphatic rings. The minimum absolute atomic E-state index is 0.235. The SMILES string of the molecule is C=C(CCCCCCCCCCCCC)C(=O)OF. The molecule has 3 heteroatoms. The van der Waals surface area contributed by atoms with E-state index in [0.717, 1.165) is 12.8 Å². The van der Waals surface area contributed by atoms with Gasteiger partial charge in [0, 0.05) is 10.1 Å². The zero-order valence-electron chi connectivity index (χ0n) is 12.4. The van der Waals surface area contributed by atoms with Crippen molar-refractivity contribution >= 4 is 5.97 Å². The lowest BCUT2D eigenvalue weighted by molar-refractivity contribution is -0.178. The Morgan fingerprint density at radius 3 is 1.74 bits per heavy atom. The summed E-state index contributed by atoms with van der Waals surface area (Å²) in [6.07, 6.45) is 14.4. The van der Waals surface area contributed by atoms with Gasteiger partial charge in [0.05, 0.1) is 0 Å². The molecule has 0 fully saturated rings. The van der Waals surface area contributed by atoms with Gasteiger partial charge in [-0.1, -0.05) is 77.7 Å². The molecule has 0 aliphatic heterocycles. The molecule has 0 rings (SSSR count). The maximum atomic E-state index is 11.6. The summed E-state index contributed by atoms with van der Waals surface area (Å²) in [5, 5.41) is 0. The van der Waals surface area contributed by atoms with Crippen molar-refractivity contribution in [1.29, 1.82) is 0 Å². The van der Waals surface area contributed by atoms with E-state index in [0.29, 0.717) is 6.42 Å². The van der Waals surface area contributed by atoms with Gasteiger partial charge in [0.25, 0.3) is 0 Å². The number of rotatable bonds is 13. The summed E-state index contributed by atoms with van der Waals surface area (Å²) in [6, 6.07) is 0. The normalized spacial score (nSPS) is 10.4. The molecule has 0 N–H and O–H groups in total. The molecule has 0 amide bonds. The van der Waals surface area contributed by atoms with Gasteiger partial charge in [-0.3, -0.25) is 0 Å². The van der Waals surface area contributed by atoms with Crippen LogP contribution in [0.2, 0.25) is 0 Å². The number of unbranched alkanes of at least 4 members (excludes halogenated alkanes) is 10. The van der Waals surface area contributed by atoms with Gasteiger partial charge in [-0.05, 0) is 12.8 Å². The maximum Gasteiger partial charge on any atom is 0.374 e. The van der Waals surface area contributed by atoms with E-state index in [2.05, 4.69) is 18.4 Å². The van der Waals surface area contributed by atoms with E-state index in [9.17, 15) is 9.32 Å². The second kappa shape index (κ2) is 13.6. The van der Waals surface area contributed by atoms with E-state index in [-0.39, 0.29) is 5.57 Å². The summed E-state index contributed by atoms with van der Waals surface area (Å²) in [5.74, 6) is -0.924. The summed E-state index contributed by atoms with van der Waals surface area (Å²) in [6.45, 7) is 5.73. The van der Waals surface area contributed by atoms with Crippen molar-refractivity contribution in [2.45, 2.75) is 84.0 Å². The Morgan fingerprint density at radius 1 is 0.895 bits per heavy atom. The first-order chi connectivity index (χ1) is 9.22. The molecule has 0 aromatic rings. The number of carbonyl (C=O) groups is 1. The van der Waals surface area contributed by atoms with Crippen LogP contribution in [0.25, 0.3) is 0 Å². The van der Waals surface area contributed by atoms with E-state index in [1.807, 2.05) is 0 Å². The number of hydrogen-bond acceptors (Lipinski definition) is 2. The van der Waals surface area contributed by atoms with Gasteiger partial charge in [-0.15, -0.1) is 0 Å². The Bertz CT molecular complexity index is 239. The van der Waals surface area contributed by atoms with E-state index in [1.54, 1.807) is 0 Å². The second-order valence-corrected chi connectivity index (χ2v) is 5.25. The molecule has 0 radical (unpaired) electrons. The first kappa shape index (κ1) is 18.1. The van der Waals surface area contributed by atoms with Crippen LogP contribution in [0.1, 0.15) is 84.0 Å². The molecular formula is C16H29FO2. The van der Waals surface area contributed by atoms with Crippen molar-refractivity contribution in [2.75, 3.05) is 0 Å². The molecule has 0 saturated carbocycles. The highest BCUT2D eigenvalue weighted by Crippen LogP contribution is 2.13. The van der Waals surface area contributed by atoms with Gasteiger partial charge in [0.15, 0.2) is 0 Å². The number of halogens is 1. The lowest BCUT2D eigenvalue weighted by atomic mass is 10.0. The Morgan fingerprint density at radius 2 is 1.32 bits per heavy atom. The van der Waals surface area contributed by atoms with Crippen LogP contribution in [0, 0.1) is 0 Å². The van der Waals surface area contributed by atoms with Gasteiger partial charge in [0.1, 0.15) is 0 Å². The summed E-state index contributed by atoms with van der Waals surface area (Å²) in [7, 11) is 0. The quantitative estimate of drug-likeness (QED) is 0.319. The Kier molecular flexibility index (Phi) is 13.0. The minimum Gasteiger partial charge on any atom is -0.250 e.